The molecule has 0 aliphatic carbocycles. The summed E-state index contributed by atoms with van der Waals surface area (Å²) in [6, 6.07) is 17.9. The molecule has 1 aliphatic heterocycles. The van der Waals surface area contributed by atoms with Gasteiger partial charge in [0.05, 0.1) is 34.3 Å². The third-order valence-electron chi connectivity index (χ3n) is 5.18. The van der Waals surface area contributed by atoms with E-state index in [4.69, 9.17) is 23.2 Å². The minimum absolute atomic E-state index is 0.0548. The summed E-state index contributed by atoms with van der Waals surface area (Å²) in [5.41, 5.74) is -0.394. The largest absolute Gasteiger partial charge is 0.507 e. The first-order chi connectivity index (χ1) is 14.3. The number of Topliss-reactive ketones (excluding diaryl/α,β-unsaturated/α-hetero) is 1. The van der Waals surface area contributed by atoms with E-state index in [9.17, 15) is 19.8 Å². The number of aliphatic hydroxyl groups is 1. The van der Waals surface area contributed by atoms with Gasteiger partial charge >= 0.3 is 0 Å². The molecule has 1 atom stereocenters. The third kappa shape index (κ3) is 3.45. The molecule has 0 bridgehead atoms. The fraction of sp³-hybridized carbons (Fsp3) is 0.130. The molecule has 2 N–H and O–H groups in total. The van der Waals surface area contributed by atoms with Gasteiger partial charge < -0.3 is 15.1 Å². The summed E-state index contributed by atoms with van der Waals surface area (Å²) in [6.45, 7) is 0.153. The van der Waals surface area contributed by atoms with Gasteiger partial charge in [-0.2, -0.15) is 0 Å². The van der Waals surface area contributed by atoms with Gasteiger partial charge in [-0.25, -0.2) is 0 Å². The highest BCUT2D eigenvalue weighted by molar-refractivity contribution is 6.42. The molecule has 0 spiro atoms. The molecule has 0 unspecified atom stereocenters. The maximum atomic E-state index is 13.3. The van der Waals surface area contributed by atoms with Gasteiger partial charge in [-0.1, -0.05) is 59.6 Å². The van der Waals surface area contributed by atoms with E-state index in [1.54, 1.807) is 54.6 Å². The Balaban J connectivity index is 1.69. The summed E-state index contributed by atoms with van der Waals surface area (Å²) >= 11 is 12.1. The van der Waals surface area contributed by atoms with Crippen molar-refractivity contribution in [2.45, 2.75) is 18.6 Å². The number of anilines is 1. The Bertz CT molecular complexity index is 1160. The van der Waals surface area contributed by atoms with Crippen molar-refractivity contribution >= 4 is 40.6 Å². The smallest absolute Gasteiger partial charge is 0.264 e. The number of rotatable bonds is 5. The van der Waals surface area contributed by atoms with Crippen LogP contribution < -0.4 is 4.90 Å². The van der Waals surface area contributed by atoms with Gasteiger partial charge in [-0.3, -0.25) is 9.59 Å². The van der Waals surface area contributed by atoms with Crippen molar-refractivity contribution < 1.29 is 19.8 Å². The van der Waals surface area contributed by atoms with Gasteiger partial charge in [0.15, 0.2) is 11.4 Å². The van der Waals surface area contributed by atoms with Crippen LogP contribution in [0.5, 0.6) is 5.75 Å². The number of fused-ring (bicyclic) bond motifs is 1. The average molecular weight is 442 g/mol. The highest BCUT2D eigenvalue weighted by Gasteiger charge is 2.50. The van der Waals surface area contributed by atoms with Gasteiger partial charge in [0.2, 0.25) is 0 Å². The highest BCUT2D eigenvalue weighted by Crippen LogP contribution is 2.44. The van der Waals surface area contributed by atoms with Gasteiger partial charge in [0.1, 0.15) is 5.75 Å². The first kappa shape index (κ1) is 20.4. The number of phenols is 1. The normalized spacial score (nSPS) is 17.8. The third-order valence-corrected chi connectivity index (χ3v) is 5.92. The molecule has 152 valence electrons. The second kappa shape index (κ2) is 7.76. The lowest BCUT2D eigenvalue weighted by atomic mass is 9.88. The monoisotopic (exact) mass is 441 g/mol. The Morgan fingerprint density at radius 1 is 0.967 bits per heavy atom. The fourth-order valence-electron chi connectivity index (χ4n) is 3.69. The predicted molar refractivity (Wildman–Crippen MR) is 115 cm³/mol. The molecule has 1 aliphatic rings. The van der Waals surface area contributed by atoms with Crippen molar-refractivity contribution in [3.05, 3.63) is 93.5 Å². The molecule has 3 aromatic carbocycles. The minimum atomic E-state index is -2.04. The first-order valence-corrected chi connectivity index (χ1v) is 9.96. The molecular formula is C23H17Cl2NO4. The number of halogens is 2. The van der Waals surface area contributed by atoms with E-state index in [0.29, 0.717) is 21.3 Å². The number of hydrogen-bond acceptors (Lipinski definition) is 4. The van der Waals surface area contributed by atoms with Crippen LogP contribution in [0.15, 0.2) is 66.7 Å². The first-order valence-electron chi connectivity index (χ1n) is 9.20. The Morgan fingerprint density at radius 3 is 2.40 bits per heavy atom. The van der Waals surface area contributed by atoms with Crippen LogP contribution in [-0.2, 0) is 16.9 Å². The topological polar surface area (TPSA) is 77.8 Å². The maximum absolute atomic E-state index is 13.3. The van der Waals surface area contributed by atoms with Crippen molar-refractivity contribution in [1.82, 2.24) is 0 Å². The molecular weight excluding hydrogens is 425 g/mol. The van der Waals surface area contributed by atoms with E-state index < -0.39 is 23.7 Å². The second-order valence-corrected chi connectivity index (χ2v) is 7.95. The van der Waals surface area contributed by atoms with Crippen molar-refractivity contribution in [3.8, 4) is 5.75 Å². The number of phenolic OH excluding ortho intramolecular Hbond substituents is 1. The molecule has 1 amide bonds. The summed E-state index contributed by atoms with van der Waals surface area (Å²) in [5.74, 6) is -1.34. The molecule has 4 rings (SSSR count). The molecule has 1 heterocycles. The van der Waals surface area contributed by atoms with Gasteiger partial charge in [0.25, 0.3) is 5.91 Å². The summed E-state index contributed by atoms with van der Waals surface area (Å²) in [5, 5.41) is 22.1. The molecule has 5 nitrogen and oxygen atoms in total. The van der Waals surface area contributed by atoms with Crippen molar-refractivity contribution in [2.75, 3.05) is 4.90 Å². The van der Waals surface area contributed by atoms with E-state index in [0.717, 1.165) is 5.56 Å². The predicted octanol–water partition coefficient (Wildman–Crippen LogP) is 4.71. The molecule has 0 aromatic heterocycles. The summed E-state index contributed by atoms with van der Waals surface area (Å²) in [7, 11) is 0. The molecule has 0 saturated heterocycles. The number of hydrogen-bond donors (Lipinski definition) is 2. The van der Waals surface area contributed by atoms with Crippen molar-refractivity contribution in [1.29, 1.82) is 0 Å². The highest BCUT2D eigenvalue weighted by atomic mass is 35.5. The molecule has 7 heteroatoms. The van der Waals surface area contributed by atoms with Crippen LogP contribution >= 0.6 is 23.2 Å². The number of amides is 1. The van der Waals surface area contributed by atoms with Gasteiger partial charge in [-0.15, -0.1) is 0 Å². The Hall–Kier alpha value is -2.86. The summed E-state index contributed by atoms with van der Waals surface area (Å²) in [6.07, 6.45) is -0.488. The quantitative estimate of drug-likeness (QED) is 0.562. The van der Waals surface area contributed by atoms with E-state index in [1.807, 2.05) is 0 Å². The number of para-hydroxylation sites is 2. The van der Waals surface area contributed by atoms with Crippen molar-refractivity contribution in [3.63, 3.8) is 0 Å². The number of carbonyl (C=O) groups excluding carboxylic acids is 2. The lowest BCUT2D eigenvalue weighted by Gasteiger charge is -2.23. The zero-order valence-corrected chi connectivity index (χ0v) is 17.2. The van der Waals surface area contributed by atoms with Crippen LogP contribution in [0.3, 0.4) is 0 Å². The fourth-order valence-corrected chi connectivity index (χ4v) is 4.01. The van der Waals surface area contributed by atoms with E-state index in [-0.39, 0.29) is 17.9 Å². The van der Waals surface area contributed by atoms with E-state index in [2.05, 4.69) is 0 Å². The lowest BCUT2D eigenvalue weighted by Crippen LogP contribution is -2.41. The molecule has 0 radical (unpaired) electrons. The summed E-state index contributed by atoms with van der Waals surface area (Å²) in [4.78, 5) is 27.5. The number of aromatic hydroxyl groups is 1. The number of nitrogens with zero attached hydrogens (tertiary/aromatic N) is 1. The van der Waals surface area contributed by atoms with Crippen LogP contribution in [0.1, 0.15) is 27.9 Å². The van der Waals surface area contributed by atoms with Crippen LogP contribution in [0.25, 0.3) is 0 Å². The molecule has 0 saturated carbocycles. The second-order valence-electron chi connectivity index (χ2n) is 7.13. The molecule has 3 aromatic rings. The zero-order chi connectivity index (χ0) is 21.5. The number of benzene rings is 3. The minimum Gasteiger partial charge on any atom is -0.507 e. The van der Waals surface area contributed by atoms with E-state index >= 15 is 0 Å². The molecule has 30 heavy (non-hydrogen) atoms. The number of carbonyl (C=O) groups is 2. The van der Waals surface area contributed by atoms with Crippen LogP contribution in [0.2, 0.25) is 10.0 Å². The Labute approximate surface area is 183 Å². The Morgan fingerprint density at radius 2 is 1.67 bits per heavy atom. The maximum Gasteiger partial charge on any atom is 0.264 e. The van der Waals surface area contributed by atoms with Crippen LogP contribution in [0, 0.1) is 0 Å². The standard InChI is InChI=1S/C23H17Cl2NO4/c24-17-10-9-14(11-18(17)25)13-26-19-7-3-2-6-16(19)23(30,22(26)29)12-21(28)15-5-1-4-8-20(15)27/h1-11,27,30H,12-13H2/t23-/m0/s1. The average Bonchev–Trinajstić information content (AvgIpc) is 2.93. The number of ketones is 1. The van der Waals surface area contributed by atoms with Crippen LogP contribution in [0.4, 0.5) is 5.69 Å². The molecule has 0 fully saturated rings. The van der Waals surface area contributed by atoms with Gasteiger partial charge in [0, 0.05) is 5.56 Å². The van der Waals surface area contributed by atoms with Crippen LogP contribution in [-0.4, -0.2) is 21.9 Å². The van der Waals surface area contributed by atoms with Crippen molar-refractivity contribution in [2.24, 2.45) is 0 Å². The van der Waals surface area contributed by atoms with E-state index in [1.165, 1.54) is 17.0 Å². The SMILES string of the molecule is O=C(C[C@@]1(O)C(=O)N(Cc2ccc(Cl)c(Cl)c2)c2ccccc21)c1ccccc1O. The lowest BCUT2D eigenvalue weighted by molar-refractivity contribution is -0.136. The Kier molecular flexibility index (Phi) is 5.28. The van der Waals surface area contributed by atoms with Gasteiger partial charge in [-0.05, 0) is 35.9 Å². The summed E-state index contributed by atoms with van der Waals surface area (Å²) < 4.78 is 0. The zero-order valence-electron chi connectivity index (χ0n) is 15.7.